The molecule has 0 radical (unpaired) electrons. The predicted molar refractivity (Wildman–Crippen MR) is 74.3 cm³/mol. The van der Waals surface area contributed by atoms with E-state index < -0.39 is 0 Å². The van der Waals surface area contributed by atoms with Gasteiger partial charge < -0.3 is 10.1 Å². The number of rotatable bonds is 3. The Morgan fingerprint density at radius 3 is 2.11 bits per heavy atom. The average molecular weight is 255 g/mol. The second-order valence-corrected chi connectivity index (χ2v) is 4.27. The smallest absolute Gasteiger partial charge is 0.293 e. The summed E-state index contributed by atoms with van der Waals surface area (Å²) in [4.78, 5) is 9.76. The monoisotopic (exact) mass is 255 g/mol. The Hall–Kier alpha value is -2.13. The molecule has 0 saturated heterocycles. The Morgan fingerprint density at radius 2 is 1.53 bits per heavy atom. The van der Waals surface area contributed by atoms with Gasteiger partial charge in [-0.25, -0.2) is 0 Å². The number of ether oxygens (including phenoxy) is 1. The molecule has 0 saturated carbocycles. The SMILES string of the molecule is O=COCc1ccccc1.c1ccc2c(c1)CNC2. The molecule has 1 N–H and O–H groups in total. The highest BCUT2D eigenvalue weighted by molar-refractivity contribution is 5.37. The van der Waals surface area contributed by atoms with Crippen molar-refractivity contribution in [3.05, 3.63) is 71.3 Å². The van der Waals surface area contributed by atoms with Crippen LogP contribution < -0.4 is 5.32 Å². The number of carbonyl (C=O) groups excluding carboxylic acids is 1. The van der Waals surface area contributed by atoms with Gasteiger partial charge in [0.25, 0.3) is 6.47 Å². The molecule has 0 spiro atoms. The molecule has 3 nitrogen and oxygen atoms in total. The molecule has 0 bridgehead atoms. The number of hydrogen-bond acceptors (Lipinski definition) is 3. The van der Waals surface area contributed by atoms with Gasteiger partial charge in [0.05, 0.1) is 0 Å². The van der Waals surface area contributed by atoms with Gasteiger partial charge in [0.2, 0.25) is 0 Å². The van der Waals surface area contributed by atoms with Gasteiger partial charge in [-0.05, 0) is 16.7 Å². The molecule has 0 fully saturated rings. The molecular formula is C16H17NO2. The van der Waals surface area contributed by atoms with Gasteiger partial charge >= 0.3 is 0 Å². The fraction of sp³-hybridized carbons (Fsp3) is 0.188. The van der Waals surface area contributed by atoms with E-state index in [1.165, 1.54) is 11.1 Å². The first kappa shape index (κ1) is 13.3. The van der Waals surface area contributed by atoms with E-state index in [-0.39, 0.29) is 0 Å². The van der Waals surface area contributed by atoms with Crippen LogP contribution in [0.15, 0.2) is 54.6 Å². The average Bonchev–Trinajstić information content (AvgIpc) is 2.95. The first-order chi connectivity index (χ1) is 9.40. The number of benzene rings is 2. The summed E-state index contributed by atoms with van der Waals surface area (Å²) >= 11 is 0. The van der Waals surface area contributed by atoms with Crippen molar-refractivity contribution in [2.45, 2.75) is 19.7 Å². The van der Waals surface area contributed by atoms with Gasteiger partial charge in [-0.15, -0.1) is 0 Å². The molecule has 0 amide bonds. The Morgan fingerprint density at radius 1 is 0.947 bits per heavy atom. The summed E-state index contributed by atoms with van der Waals surface area (Å²) in [5, 5.41) is 3.29. The third-order valence-corrected chi connectivity index (χ3v) is 2.91. The van der Waals surface area contributed by atoms with Crippen molar-refractivity contribution in [2.24, 2.45) is 0 Å². The minimum Gasteiger partial charge on any atom is -0.463 e. The standard InChI is InChI=1S/C8H9N.C8H8O2/c1-2-4-8-6-9-5-7(8)3-1;9-7-10-6-8-4-2-1-3-5-8/h1-4,9H,5-6H2;1-5,7H,6H2. The molecule has 0 atom stereocenters. The highest BCUT2D eigenvalue weighted by Gasteiger charge is 2.06. The van der Waals surface area contributed by atoms with Crippen molar-refractivity contribution in [3.8, 4) is 0 Å². The van der Waals surface area contributed by atoms with E-state index in [0.29, 0.717) is 13.1 Å². The zero-order chi connectivity index (χ0) is 13.3. The highest BCUT2D eigenvalue weighted by atomic mass is 16.5. The molecule has 2 aromatic carbocycles. The van der Waals surface area contributed by atoms with Crippen LogP contribution in [-0.4, -0.2) is 6.47 Å². The molecule has 2 aromatic rings. The molecule has 3 rings (SSSR count). The number of carbonyl (C=O) groups is 1. The Bertz CT molecular complexity index is 488. The number of fused-ring (bicyclic) bond motifs is 1. The number of hydrogen-bond donors (Lipinski definition) is 1. The maximum absolute atomic E-state index is 9.76. The normalized spacial score (nSPS) is 12.0. The van der Waals surface area contributed by atoms with Crippen LogP contribution in [0.4, 0.5) is 0 Å². The maximum Gasteiger partial charge on any atom is 0.293 e. The summed E-state index contributed by atoms with van der Waals surface area (Å²) in [6, 6.07) is 18.1. The van der Waals surface area contributed by atoms with Crippen LogP contribution in [0.1, 0.15) is 16.7 Å². The zero-order valence-electron chi connectivity index (χ0n) is 10.7. The van der Waals surface area contributed by atoms with E-state index in [1.807, 2.05) is 30.3 Å². The molecule has 19 heavy (non-hydrogen) atoms. The van der Waals surface area contributed by atoms with Gasteiger partial charge in [-0.2, -0.15) is 0 Å². The second kappa shape index (κ2) is 7.34. The fourth-order valence-corrected chi connectivity index (χ4v) is 1.94. The van der Waals surface area contributed by atoms with Gasteiger partial charge in [0, 0.05) is 13.1 Å². The van der Waals surface area contributed by atoms with Gasteiger partial charge in [-0.1, -0.05) is 54.6 Å². The van der Waals surface area contributed by atoms with Gasteiger partial charge in [0.1, 0.15) is 6.61 Å². The lowest BCUT2D eigenvalue weighted by Gasteiger charge is -1.95. The van der Waals surface area contributed by atoms with Crippen molar-refractivity contribution in [1.82, 2.24) is 5.32 Å². The fourth-order valence-electron chi connectivity index (χ4n) is 1.94. The summed E-state index contributed by atoms with van der Waals surface area (Å²) in [5.41, 5.74) is 3.92. The van der Waals surface area contributed by atoms with E-state index in [9.17, 15) is 4.79 Å². The minimum atomic E-state index is 0.365. The second-order valence-electron chi connectivity index (χ2n) is 4.27. The molecule has 1 heterocycles. The van der Waals surface area contributed by atoms with E-state index >= 15 is 0 Å². The van der Waals surface area contributed by atoms with Crippen molar-refractivity contribution < 1.29 is 9.53 Å². The largest absolute Gasteiger partial charge is 0.463 e. The lowest BCUT2D eigenvalue weighted by Crippen LogP contribution is -1.99. The Labute approximate surface area is 113 Å². The van der Waals surface area contributed by atoms with Gasteiger partial charge in [-0.3, -0.25) is 4.79 Å². The summed E-state index contributed by atoms with van der Waals surface area (Å²) < 4.78 is 4.54. The zero-order valence-corrected chi connectivity index (χ0v) is 10.7. The summed E-state index contributed by atoms with van der Waals surface area (Å²) in [6.07, 6.45) is 0. The summed E-state index contributed by atoms with van der Waals surface area (Å²) in [6.45, 7) is 2.92. The van der Waals surface area contributed by atoms with Crippen LogP contribution in [-0.2, 0) is 29.2 Å². The van der Waals surface area contributed by atoms with Crippen molar-refractivity contribution in [1.29, 1.82) is 0 Å². The minimum absolute atomic E-state index is 0.365. The van der Waals surface area contributed by atoms with Crippen LogP contribution in [0.3, 0.4) is 0 Å². The molecule has 98 valence electrons. The number of nitrogens with one attached hydrogen (secondary N) is 1. The molecule has 0 unspecified atom stereocenters. The maximum atomic E-state index is 9.76. The summed E-state index contributed by atoms with van der Waals surface area (Å²) in [7, 11) is 0. The van der Waals surface area contributed by atoms with E-state index in [4.69, 9.17) is 0 Å². The highest BCUT2D eigenvalue weighted by Crippen LogP contribution is 2.12. The lowest BCUT2D eigenvalue weighted by atomic mass is 10.1. The predicted octanol–water partition coefficient (Wildman–Crippen LogP) is 2.65. The topological polar surface area (TPSA) is 38.3 Å². The molecule has 0 aliphatic carbocycles. The quantitative estimate of drug-likeness (QED) is 0.857. The first-order valence-corrected chi connectivity index (χ1v) is 6.27. The van der Waals surface area contributed by atoms with Crippen LogP contribution >= 0.6 is 0 Å². The third-order valence-electron chi connectivity index (χ3n) is 2.91. The van der Waals surface area contributed by atoms with Crippen molar-refractivity contribution in [3.63, 3.8) is 0 Å². The summed E-state index contributed by atoms with van der Waals surface area (Å²) in [5.74, 6) is 0. The Balaban J connectivity index is 0.000000141. The first-order valence-electron chi connectivity index (χ1n) is 6.27. The molecule has 1 aliphatic rings. The lowest BCUT2D eigenvalue weighted by molar-refractivity contribution is -0.129. The van der Waals surface area contributed by atoms with Crippen molar-refractivity contribution in [2.75, 3.05) is 0 Å². The van der Waals surface area contributed by atoms with Gasteiger partial charge in [0.15, 0.2) is 0 Å². The van der Waals surface area contributed by atoms with Crippen LogP contribution in [0.2, 0.25) is 0 Å². The molecule has 3 heteroatoms. The molecular weight excluding hydrogens is 238 g/mol. The third kappa shape index (κ3) is 4.23. The van der Waals surface area contributed by atoms with Crippen LogP contribution in [0.5, 0.6) is 0 Å². The van der Waals surface area contributed by atoms with E-state index in [1.54, 1.807) is 0 Å². The molecule has 1 aliphatic heterocycles. The van der Waals surface area contributed by atoms with Crippen molar-refractivity contribution >= 4 is 6.47 Å². The molecule has 0 aromatic heterocycles. The van der Waals surface area contributed by atoms with E-state index in [2.05, 4.69) is 34.3 Å². The van der Waals surface area contributed by atoms with E-state index in [0.717, 1.165) is 18.7 Å². The Kier molecular flexibility index (Phi) is 5.14. The van der Waals surface area contributed by atoms with Crippen LogP contribution in [0.25, 0.3) is 0 Å². The van der Waals surface area contributed by atoms with Crippen LogP contribution in [0, 0.1) is 0 Å².